The topological polar surface area (TPSA) is 106 Å². The Morgan fingerprint density at radius 2 is 1.93 bits per heavy atom. The van der Waals surface area contributed by atoms with E-state index in [2.05, 4.69) is 6.08 Å². The molecule has 2 N–H and O–H groups in total. The number of hydrogen-bond acceptors (Lipinski definition) is 6. The number of carbonyl (C=O) groups is 1. The summed E-state index contributed by atoms with van der Waals surface area (Å²) in [5, 5.41) is 19.3. The molecule has 1 aromatic heterocycles. The van der Waals surface area contributed by atoms with Crippen molar-refractivity contribution in [2.24, 2.45) is 0 Å². The van der Waals surface area contributed by atoms with E-state index in [4.69, 9.17) is 19.0 Å². The second-order valence-corrected chi connectivity index (χ2v) is 6.59. The van der Waals surface area contributed by atoms with Crippen LogP contribution in [0.4, 0.5) is 0 Å². The molecule has 0 saturated heterocycles. The van der Waals surface area contributed by atoms with Gasteiger partial charge in [-0.3, -0.25) is 0 Å². The Hall–Kier alpha value is -3.22. The third-order valence-electron chi connectivity index (χ3n) is 3.92. The summed E-state index contributed by atoms with van der Waals surface area (Å²) in [6.45, 7) is 5.64. The lowest BCUT2D eigenvalue weighted by atomic mass is 10.1. The molecule has 0 saturated carbocycles. The molecule has 0 radical (unpaired) electrons. The van der Waals surface area contributed by atoms with Gasteiger partial charge in [0.05, 0.1) is 5.39 Å². The van der Waals surface area contributed by atoms with Crippen LogP contribution in [0.2, 0.25) is 0 Å². The highest BCUT2D eigenvalue weighted by atomic mass is 16.5. The maximum absolute atomic E-state index is 12.1. The number of fused-ring (bicyclic) bond motifs is 1. The van der Waals surface area contributed by atoms with Crippen LogP contribution in [0.3, 0.4) is 0 Å². The summed E-state index contributed by atoms with van der Waals surface area (Å²) in [6.07, 6.45) is 5.78. The maximum atomic E-state index is 12.1. The smallest absolute Gasteiger partial charge is 0.383 e. The SMILES string of the molecule is CC(C)=CCCC(C)=CCOc1c(O)c2cc(OCC(=O)O)ccc2oc1=O. The fourth-order valence-corrected chi connectivity index (χ4v) is 2.47. The summed E-state index contributed by atoms with van der Waals surface area (Å²) >= 11 is 0. The fourth-order valence-electron chi connectivity index (χ4n) is 2.47. The molecular weight excluding hydrogens is 364 g/mol. The molecule has 2 rings (SSSR count). The van der Waals surface area contributed by atoms with Gasteiger partial charge >= 0.3 is 11.6 Å². The molecule has 1 heterocycles. The molecule has 0 unspecified atom stereocenters. The van der Waals surface area contributed by atoms with Crippen LogP contribution in [0, 0.1) is 0 Å². The van der Waals surface area contributed by atoms with Crippen molar-refractivity contribution in [2.75, 3.05) is 13.2 Å². The van der Waals surface area contributed by atoms with Gasteiger partial charge in [0, 0.05) is 0 Å². The third-order valence-corrected chi connectivity index (χ3v) is 3.92. The Kier molecular flexibility index (Phi) is 7.26. The van der Waals surface area contributed by atoms with Gasteiger partial charge in [0.25, 0.3) is 0 Å². The van der Waals surface area contributed by atoms with E-state index in [1.54, 1.807) is 0 Å². The minimum atomic E-state index is -1.13. The van der Waals surface area contributed by atoms with Gasteiger partial charge in [-0.15, -0.1) is 0 Å². The van der Waals surface area contributed by atoms with Gasteiger partial charge in [-0.05, 0) is 57.9 Å². The summed E-state index contributed by atoms with van der Waals surface area (Å²) < 4.78 is 15.7. The molecule has 28 heavy (non-hydrogen) atoms. The number of benzene rings is 1. The van der Waals surface area contributed by atoms with Crippen molar-refractivity contribution < 1.29 is 28.9 Å². The van der Waals surface area contributed by atoms with Gasteiger partial charge in [-0.2, -0.15) is 0 Å². The van der Waals surface area contributed by atoms with E-state index in [0.717, 1.165) is 18.4 Å². The molecule has 0 bridgehead atoms. The van der Waals surface area contributed by atoms with E-state index in [1.807, 2.05) is 26.8 Å². The first kappa shape index (κ1) is 21.1. The van der Waals surface area contributed by atoms with Crippen molar-refractivity contribution in [1.82, 2.24) is 0 Å². The van der Waals surface area contributed by atoms with Gasteiger partial charge in [-0.1, -0.05) is 17.2 Å². The van der Waals surface area contributed by atoms with Crippen molar-refractivity contribution in [3.63, 3.8) is 0 Å². The molecule has 1 aromatic carbocycles. The zero-order chi connectivity index (χ0) is 20.7. The number of aliphatic carboxylic acids is 1. The first-order valence-electron chi connectivity index (χ1n) is 8.84. The number of allylic oxidation sites excluding steroid dienone is 3. The summed E-state index contributed by atoms with van der Waals surface area (Å²) in [7, 11) is 0. The number of hydrogen-bond donors (Lipinski definition) is 2. The summed E-state index contributed by atoms with van der Waals surface area (Å²) in [4.78, 5) is 22.7. The number of rotatable bonds is 9. The molecule has 0 atom stereocenters. The Bertz CT molecular complexity index is 963. The minimum absolute atomic E-state index is 0.111. The molecular formula is C21H24O7. The standard InChI is InChI=1S/C21H24O7/c1-13(2)5-4-6-14(3)9-10-26-20-19(24)16-11-15(27-12-18(22)23)7-8-17(16)28-21(20)25/h5,7-9,11,24H,4,6,10,12H2,1-3H3,(H,22,23). The number of aromatic hydroxyl groups is 1. The lowest BCUT2D eigenvalue weighted by Crippen LogP contribution is -2.10. The maximum Gasteiger partial charge on any atom is 0.383 e. The number of ether oxygens (including phenoxy) is 2. The highest BCUT2D eigenvalue weighted by Crippen LogP contribution is 2.33. The lowest BCUT2D eigenvalue weighted by Gasteiger charge is -2.09. The highest BCUT2D eigenvalue weighted by molar-refractivity contribution is 5.86. The normalized spacial score (nSPS) is 11.3. The Balaban J connectivity index is 2.16. The van der Waals surface area contributed by atoms with Crippen molar-refractivity contribution in [3.8, 4) is 17.2 Å². The van der Waals surface area contributed by atoms with Crippen molar-refractivity contribution in [3.05, 3.63) is 51.9 Å². The minimum Gasteiger partial charge on any atom is -0.504 e. The zero-order valence-electron chi connectivity index (χ0n) is 16.2. The first-order valence-corrected chi connectivity index (χ1v) is 8.84. The summed E-state index contributed by atoms with van der Waals surface area (Å²) in [6, 6.07) is 4.27. The van der Waals surface area contributed by atoms with Gasteiger partial charge in [0.2, 0.25) is 5.75 Å². The molecule has 2 aromatic rings. The summed E-state index contributed by atoms with van der Waals surface area (Å²) in [5.74, 6) is -1.57. The average Bonchev–Trinajstić information content (AvgIpc) is 2.62. The molecule has 7 heteroatoms. The van der Waals surface area contributed by atoms with Crippen LogP contribution in [-0.2, 0) is 4.79 Å². The number of carboxylic acids is 1. The molecule has 0 aliphatic carbocycles. The van der Waals surface area contributed by atoms with Crippen molar-refractivity contribution in [1.29, 1.82) is 0 Å². The Morgan fingerprint density at radius 3 is 2.61 bits per heavy atom. The molecule has 0 fully saturated rings. The zero-order valence-corrected chi connectivity index (χ0v) is 16.2. The first-order chi connectivity index (χ1) is 13.3. The number of carboxylic acid groups (broad SMARTS) is 1. The predicted octanol–water partition coefficient (Wildman–Crippen LogP) is 4.03. The fraction of sp³-hybridized carbons (Fsp3) is 0.333. The molecule has 0 spiro atoms. The highest BCUT2D eigenvalue weighted by Gasteiger charge is 2.16. The molecule has 7 nitrogen and oxygen atoms in total. The van der Waals surface area contributed by atoms with Crippen molar-refractivity contribution >= 4 is 16.9 Å². The van der Waals surface area contributed by atoms with Crippen LogP contribution in [0.25, 0.3) is 11.0 Å². The van der Waals surface area contributed by atoms with E-state index < -0.39 is 18.2 Å². The van der Waals surface area contributed by atoms with Gasteiger partial charge in [0.1, 0.15) is 17.9 Å². The monoisotopic (exact) mass is 388 g/mol. The molecule has 0 aliphatic rings. The van der Waals surface area contributed by atoms with Crippen LogP contribution >= 0.6 is 0 Å². The van der Waals surface area contributed by atoms with Crippen LogP contribution in [0.1, 0.15) is 33.6 Å². The van der Waals surface area contributed by atoms with Gasteiger partial charge in [0.15, 0.2) is 12.4 Å². The Labute approximate surface area is 162 Å². The largest absolute Gasteiger partial charge is 0.504 e. The summed E-state index contributed by atoms with van der Waals surface area (Å²) in [5.41, 5.74) is 1.71. The second kappa shape index (κ2) is 9.64. The lowest BCUT2D eigenvalue weighted by molar-refractivity contribution is -0.139. The van der Waals surface area contributed by atoms with E-state index in [1.165, 1.54) is 23.8 Å². The van der Waals surface area contributed by atoms with Crippen LogP contribution in [0.15, 0.2) is 50.7 Å². The van der Waals surface area contributed by atoms with Crippen LogP contribution in [-0.4, -0.2) is 29.4 Å². The molecule has 0 amide bonds. The van der Waals surface area contributed by atoms with Gasteiger partial charge in [-0.25, -0.2) is 9.59 Å². The van der Waals surface area contributed by atoms with E-state index >= 15 is 0 Å². The van der Waals surface area contributed by atoms with Gasteiger partial charge < -0.3 is 24.1 Å². The van der Waals surface area contributed by atoms with E-state index in [0.29, 0.717) is 0 Å². The van der Waals surface area contributed by atoms with Crippen LogP contribution < -0.4 is 15.1 Å². The van der Waals surface area contributed by atoms with Crippen molar-refractivity contribution in [2.45, 2.75) is 33.6 Å². The van der Waals surface area contributed by atoms with E-state index in [9.17, 15) is 14.7 Å². The quantitative estimate of drug-likeness (QED) is 0.493. The third kappa shape index (κ3) is 5.90. The second-order valence-electron chi connectivity index (χ2n) is 6.59. The van der Waals surface area contributed by atoms with Crippen LogP contribution in [0.5, 0.6) is 17.2 Å². The molecule has 0 aliphatic heterocycles. The predicted molar refractivity (Wildman–Crippen MR) is 105 cm³/mol. The molecule has 150 valence electrons. The van der Waals surface area contributed by atoms with E-state index in [-0.39, 0.29) is 34.8 Å². The Morgan fingerprint density at radius 1 is 1.18 bits per heavy atom. The average molecular weight is 388 g/mol.